The van der Waals surface area contributed by atoms with Crippen LogP contribution < -0.4 is 5.32 Å². The van der Waals surface area contributed by atoms with Gasteiger partial charge in [-0.3, -0.25) is 9.59 Å². The van der Waals surface area contributed by atoms with Crippen LogP contribution in [0.1, 0.15) is 68.1 Å². The maximum Gasteiger partial charge on any atom is 0.261 e. The van der Waals surface area contributed by atoms with Crippen molar-refractivity contribution in [2.24, 2.45) is 0 Å². The van der Waals surface area contributed by atoms with Gasteiger partial charge in [0.2, 0.25) is 0 Å². The molecule has 0 aromatic carbocycles. The van der Waals surface area contributed by atoms with Crippen molar-refractivity contribution >= 4 is 28.5 Å². The molecule has 1 fully saturated rings. The zero-order valence-electron chi connectivity index (χ0n) is 16.5. The summed E-state index contributed by atoms with van der Waals surface area (Å²) in [7, 11) is 0. The summed E-state index contributed by atoms with van der Waals surface area (Å²) in [6.45, 7) is 4.60. The molecule has 29 heavy (non-hydrogen) atoms. The predicted molar refractivity (Wildman–Crippen MR) is 108 cm³/mol. The number of carbonyl (C=O) groups excluding carboxylic acids is 2. The molecular weight excluding hydrogens is 390 g/mol. The first-order valence-electron chi connectivity index (χ1n) is 10.1. The third-order valence-electron chi connectivity index (χ3n) is 5.79. The quantitative estimate of drug-likeness (QED) is 0.740. The maximum absolute atomic E-state index is 12.9. The highest BCUT2D eigenvalue weighted by Crippen LogP contribution is 2.46. The van der Waals surface area contributed by atoms with Gasteiger partial charge in [-0.2, -0.15) is 4.98 Å². The number of carbonyl (C=O) groups is 2. The molecule has 1 saturated carbocycles. The summed E-state index contributed by atoms with van der Waals surface area (Å²) in [5, 5.41) is 7.89. The SMILES string of the molecule is CC1(C)Cc2c(sc(NC(=O)C3=C(C=O)CCC3)c2-c2nc(C3CC3)no2)CO1. The first-order chi connectivity index (χ1) is 13.9. The van der Waals surface area contributed by atoms with E-state index in [9.17, 15) is 9.59 Å². The number of nitrogens with one attached hydrogen (secondary N) is 1. The molecule has 5 rings (SSSR count). The molecule has 0 atom stereocenters. The Kier molecular flexibility index (Phi) is 4.43. The first kappa shape index (κ1) is 18.7. The number of hydrogen-bond donors (Lipinski definition) is 1. The first-order valence-corrected chi connectivity index (χ1v) is 10.9. The fourth-order valence-electron chi connectivity index (χ4n) is 4.05. The molecular formula is C21H23N3O4S. The van der Waals surface area contributed by atoms with E-state index in [1.807, 2.05) is 0 Å². The second-order valence-electron chi connectivity index (χ2n) is 8.59. The van der Waals surface area contributed by atoms with Crippen molar-refractivity contribution in [3.05, 3.63) is 27.4 Å². The van der Waals surface area contributed by atoms with Crippen molar-refractivity contribution in [3.63, 3.8) is 0 Å². The third kappa shape index (κ3) is 3.44. The third-order valence-corrected chi connectivity index (χ3v) is 6.91. The minimum absolute atomic E-state index is 0.216. The number of aromatic nitrogens is 2. The van der Waals surface area contributed by atoms with Crippen molar-refractivity contribution in [1.82, 2.24) is 10.1 Å². The Morgan fingerprint density at radius 2 is 2.14 bits per heavy atom. The molecule has 1 amide bonds. The van der Waals surface area contributed by atoms with Gasteiger partial charge in [0.15, 0.2) is 5.82 Å². The number of thiophene rings is 1. The lowest BCUT2D eigenvalue weighted by Crippen LogP contribution is -2.31. The van der Waals surface area contributed by atoms with Crippen LogP contribution in [0.25, 0.3) is 11.5 Å². The number of amides is 1. The van der Waals surface area contributed by atoms with Gasteiger partial charge in [0.25, 0.3) is 11.8 Å². The molecule has 1 N–H and O–H groups in total. The van der Waals surface area contributed by atoms with Crippen molar-refractivity contribution in [2.45, 2.75) is 70.5 Å². The predicted octanol–water partition coefficient (Wildman–Crippen LogP) is 4.14. The number of nitrogens with zero attached hydrogens (tertiary/aromatic N) is 2. The van der Waals surface area contributed by atoms with Crippen molar-refractivity contribution in [3.8, 4) is 11.5 Å². The lowest BCUT2D eigenvalue weighted by atomic mass is 9.93. The Morgan fingerprint density at radius 1 is 1.31 bits per heavy atom. The Balaban J connectivity index is 1.55. The van der Waals surface area contributed by atoms with E-state index in [1.165, 1.54) is 11.3 Å². The Labute approximate surface area is 172 Å². The lowest BCUT2D eigenvalue weighted by Gasteiger charge is -2.30. The van der Waals surface area contributed by atoms with Crippen LogP contribution in [0.2, 0.25) is 0 Å². The normalized spacial score (nSPS) is 20.6. The summed E-state index contributed by atoms with van der Waals surface area (Å²) in [4.78, 5) is 29.9. The molecule has 152 valence electrons. The molecule has 8 heteroatoms. The number of aldehydes is 1. The Hall–Kier alpha value is -2.32. The number of fused-ring (bicyclic) bond motifs is 1. The Morgan fingerprint density at radius 3 is 2.90 bits per heavy atom. The van der Waals surface area contributed by atoms with Gasteiger partial charge in [0.1, 0.15) is 11.3 Å². The smallest absolute Gasteiger partial charge is 0.261 e. The molecule has 0 radical (unpaired) electrons. The molecule has 2 aromatic heterocycles. The number of rotatable bonds is 5. The van der Waals surface area contributed by atoms with Crippen molar-refractivity contribution in [2.75, 3.05) is 5.32 Å². The van der Waals surface area contributed by atoms with Gasteiger partial charge in [0, 0.05) is 28.4 Å². The average molecular weight is 413 g/mol. The van der Waals surface area contributed by atoms with E-state index in [0.717, 1.165) is 47.4 Å². The molecule has 2 aromatic rings. The second kappa shape index (κ2) is 6.88. The summed E-state index contributed by atoms with van der Waals surface area (Å²) >= 11 is 1.49. The minimum atomic E-state index is -0.303. The lowest BCUT2D eigenvalue weighted by molar-refractivity contribution is -0.113. The van der Waals surface area contributed by atoms with Gasteiger partial charge in [-0.05, 0) is 51.5 Å². The van der Waals surface area contributed by atoms with Gasteiger partial charge in [0.05, 0.1) is 17.8 Å². The van der Waals surface area contributed by atoms with Crippen LogP contribution in [0.5, 0.6) is 0 Å². The van der Waals surface area contributed by atoms with Crippen LogP contribution in [-0.4, -0.2) is 27.9 Å². The fraction of sp³-hybridized carbons (Fsp3) is 0.524. The molecule has 2 aliphatic carbocycles. The van der Waals surface area contributed by atoms with E-state index >= 15 is 0 Å². The van der Waals surface area contributed by atoms with Crippen LogP contribution in [0, 0.1) is 0 Å². The van der Waals surface area contributed by atoms with Crippen LogP contribution in [0.3, 0.4) is 0 Å². The van der Waals surface area contributed by atoms with E-state index in [-0.39, 0.29) is 11.5 Å². The van der Waals surface area contributed by atoms with Gasteiger partial charge in [-0.1, -0.05) is 5.16 Å². The molecule has 0 saturated heterocycles. The maximum atomic E-state index is 12.9. The number of anilines is 1. The van der Waals surface area contributed by atoms with Crippen LogP contribution in [-0.2, 0) is 27.4 Å². The summed E-state index contributed by atoms with van der Waals surface area (Å²) < 4.78 is 11.6. The second-order valence-corrected chi connectivity index (χ2v) is 9.70. The van der Waals surface area contributed by atoms with Crippen LogP contribution >= 0.6 is 11.3 Å². The zero-order valence-corrected chi connectivity index (χ0v) is 17.4. The highest BCUT2D eigenvalue weighted by molar-refractivity contribution is 7.17. The van der Waals surface area contributed by atoms with Gasteiger partial charge < -0.3 is 14.6 Å². The number of allylic oxidation sites excluding steroid dienone is 1. The van der Waals surface area contributed by atoms with Crippen LogP contribution in [0.15, 0.2) is 15.7 Å². The molecule has 7 nitrogen and oxygen atoms in total. The largest absolute Gasteiger partial charge is 0.370 e. The van der Waals surface area contributed by atoms with E-state index in [0.29, 0.717) is 53.8 Å². The summed E-state index contributed by atoms with van der Waals surface area (Å²) in [6.07, 6.45) is 5.81. The molecule has 0 spiro atoms. The zero-order chi connectivity index (χ0) is 20.2. The molecule has 1 aliphatic heterocycles. The molecule has 3 aliphatic rings. The summed E-state index contributed by atoms with van der Waals surface area (Å²) in [6, 6.07) is 0. The van der Waals surface area contributed by atoms with E-state index < -0.39 is 0 Å². The summed E-state index contributed by atoms with van der Waals surface area (Å²) in [5.74, 6) is 1.36. The van der Waals surface area contributed by atoms with Gasteiger partial charge in [-0.15, -0.1) is 11.3 Å². The minimum Gasteiger partial charge on any atom is -0.370 e. The van der Waals surface area contributed by atoms with Gasteiger partial charge >= 0.3 is 0 Å². The van der Waals surface area contributed by atoms with Crippen LogP contribution in [0.4, 0.5) is 5.00 Å². The average Bonchev–Trinajstić information content (AvgIpc) is 3.11. The monoisotopic (exact) mass is 413 g/mol. The van der Waals surface area contributed by atoms with E-state index in [4.69, 9.17) is 9.26 Å². The number of hydrogen-bond acceptors (Lipinski definition) is 7. The van der Waals surface area contributed by atoms with Crippen molar-refractivity contribution < 1.29 is 18.8 Å². The Bertz CT molecular complexity index is 1030. The standard InChI is InChI=1S/C21H23N3O4S/c1-21(2)8-14-15(10-27-21)29-20(23-18(26)13-5-3-4-12(13)9-25)16(14)19-22-17(24-28-19)11-6-7-11/h9,11H,3-8,10H2,1-2H3,(H,23,26). The van der Waals surface area contributed by atoms with Gasteiger partial charge in [-0.25, -0.2) is 0 Å². The fourth-order valence-corrected chi connectivity index (χ4v) is 5.16. The number of ether oxygens (including phenoxy) is 1. The topological polar surface area (TPSA) is 94.3 Å². The summed E-state index contributed by atoms with van der Waals surface area (Å²) in [5.41, 5.74) is 2.79. The molecule has 0 bridgehead atoms. The van der Waals surface area contributed by atoms with E-state index in [1.54, 1.807) is 0 Å². The highest BCUT2D eigenvalue weighted by Gasteiger charge is 2.36. The highest BCUT2D eigenvalue weighted by atomic mass is 32.1. The van der Waals surface area contributed by atoms with Crippen molar-refractivity contribution in [1.29, 1.82) is 0 Å². The van der Waals surface area contributed by atoms with E-state index in [2.05, 4.69) is 29.3 Å². The molecule has 0 unspecified atom stereocenters. The molecule has 3 heterocycles.